The molecule has 0 fully saturated rings. The van der Waals surface area contributed by atoms with Gasteiger partial charge in [0.1, 0.15) is 12.0 Å². The van der Waals surface area contributed by atoms with E-state index in [1.54, 1.807) is 18.2 Å². The Morgan fingerprint density at radius 1 is 1.17 bits per heavy atom. The average Bonchev–Trinajstić information content (AvgIpc) is 3.01. The van der Waals surface area contributed by atoms with Crippen molar-refractivity contribution >= 4 is 5.69 Å². The van der Waals surface area contributed by atoms with E-state index in [0.717, 1.165) is 5.56 Å². The van der Waals surface area contributed by atoms with Gasteiger partial charge in [-0.15, -0.1) is 0 Å². The molecule has 0 aliphatic heterocycles. The molecule has 0 aliphatic rings. The van der Waals surface area contributed by atoms with Gasteiger partial charge in [-0.2, -0.15) is 4.98 Å². The van der Waals surface area contributed by atoms with E-state index in [4.69, 9.17) is 14.7 Å². The maximum atomic E-state index is 9.34. The van der Waals surface area contributed by atoms with Gasteiger partial charge in [-0.05, 0) is 24.3 Å². The SMILES string of the molecule is Nc1cc(-c2nc(-c3ccoc3)no2)ccc1O. The number of nitrogens with two attached hydrogens (primary N) is 1. The Balaban J connectivity index is 2.00. The summed E-state index contributed by atoms with van der Waals surface area (Å²) in [6, 6.07) is 6.44. The minimum Gasteiger partial charge on any atom is -0.506 e. The molecule has 6 heteroatoms. The number of phenols is 1. The second-order valence-electron chi connectivity index (χ2n) is 3.71. The van der Waals surface area contributed by atoms with Crippen LogP contribution in [0.25, 0.3) is 22.8 Å². The summed E-state index contributed by atoms with van der Waals surface area (Å²) in [5, 5.41) is 13.2. The Morgan fingerprint density at radius 2 is 2.06 bits per heavy atom. The van der Waals surface area contributed by atoms with Crippen LogP contribution in [0.1, 0.15) is 0 Å². The van der Waals surface area contributed by atoms with Crippen LogP contribution < -0.4 is 5.73 Å². The van der Waals surface area contributed by atoms with Gasteiger partial charge in [0.25, 0.3) is 5.89 Å². The molecule has 0 atom stereocenters. The normalized spacial score (nSPS) is 10.7. The largest absolute Gasteiger partial charge is 0.506 e. The molecule has 3 aromatic rings. The Bertz CT molecular complexity index is 674. The van der Waals surface area contributed by atoms with Crippen molar-refractivity contribution in [2.75, 3.05) is 5.73 Å². The monoisotopic (exact) mass is 243 g/mol. The van der Waals surface area contributed by atoms with Gasteiger partial charge >= 0.3 is 0 Å². The maximum Gasteiger partial charge on any atom is 0.258 e. The van der Waals surface area contributed by atoms with E-state index in [0.29, 0.717) is 17.3 Å². The number of rotatable bonds is 2. The fourth-order valence-electron chi connectivity index (χ4n) is 1.54. The van der Waals surface area contributed by atoms with Gasteiger partial charge < -0.3 is 19.8 Å². The summed E-state index contributed by atoms with van der Waals surface area (Å²) in [4.78, 5) is 4.22. The molecule has 18 heavy (non-hydrogen) atoms. The first-order valence-corrected chi connectivity index (χ1v) is 5.19. The van der Waals surface area contributed by atoms with Crippen LogP contribution in [0.4, 0.5) is 5.69 Å². The van der Waals surface area contributed by atoms with Gasteiger partial charge in [0.05, 0.1) is 17.5 Å². The van der Waals surface area contributed by atoms with E-state index >= 15 is 0 Å². The number of phenolic OH excluding ortho intramolecular Hbond substituents is 1. The molecule has 2 aromatic heterocycles. The number of benzene rings is 1. The zero-order chi connectivity index (χ0) is 12.5. The molecule has 6 nitrogen and oxygen atoms in total. The lowest BCUT2D eigenvalue weighted by Crippen LogP contribution is -1.86. The van der Waals surface area contributed by atoms with Crippen LogP contribution >= 0.6 is 0 Å². The molecule has 0 aliphatic carbocycles. The van der Waals surface area contributed by atoms with E-state index in [2.05, 4.69) is 10.1 Å². The molecule has 1 aromatic carbocycles. The van der Waals surface area contributed by atoms with Crippen molar-refractivity contribution in [3.8, 4) is 28.6 Å². The second kappa shape index (κ2) is 3.92. The molecular formula is C12H9N3O3. The highest BCUT2D eigenvalue weighted by Crippen LogP contribution is 2.27. The van der Waals surface area contributed by atoms with Crippen molar-refractivity contribution in [1.82, 2.24) is 10.1 Å². The molecule has 90 valence electrons. The van der Waals surface area contributed by atoms with Crippen molar-refractivity contribution < 1.29 is 14.0 Å². The Kier molecular flexibility index (Phi) is 2.26. The van der Waals surface area contributed by atoms with E-state index in [1.165, 1.54) is 18.6 Å². The van der Waals surface area contributed by atoms with Crippen LogP contribution in [-0.4, -0.2) is 15.2 Å². The van der Waals surface area contributed by atoms with Crippen molar-refractivity contribution in [1.29, 1.82) is 0 Å². The summed E-state index contributed by atoms with van der Waals surface area (Å²) in [6.07, 6.45) is 3.06. The number of hydrogen-bond donors (Lipinski definition) is 2. The number of nitrogen functional groups attached to an aromatic ring is 1. The quantitative estimate of drug-likeness (QED) is 0.529. The predicted molar refractivity (Wildman–Crippen MR) is 63.5 cm³/mol. The standard InChI is InChI=1S/C12H9N3O3/c13-9-5-7(1-2-10(9)16)12-14-11(15-18-12)8-3-4-17-6-8/h1-6,16H,13H2. The summed E-state index contributed by atoms with van der Waals surface area (Å²) in [5.74, 6) is 0.789. The fourth-order valence-corrected chi connectivity index (χ4v) is 1.54. The lowest BCUT2D eigenvalue weighted by molar-refractivity contribution is 0.432. The number of hydrogen-bond acceptors (Lipinski definition) is 6. The van der Waals surface area contributed by atoms with Crippen molar-refractivity contribution in [3.05, 3.63) is 36.8 Å². The minimum absolute atomic E-state index is 0.0216. The molecule has 3 N–H and O–H groups in total. The number of anilines is 1. The summed E-state index contributed by atoms with van der Waals surface area (Å²) in [5.41, 5.74) is 7.24. The van der Waals surface area contributed by atoms with E-state index < -0.39 is 0 Å². The van der Waals surface area contributed by atoms with Crippen LogP contribution in [0.5, 0.6) is 5.75 Å². The first-order chi connectivity index (χ1) is 8.74. The zero-order valence-electron chi connectivity index (χ0n) is 9.20. The molecule has 2 heterocycles. The zero-order valence-corrected chi connectivity index (χ0v) is 9.20. The van der Waals surface area contributed by atoms with E-state index in [1.807, 2.05) is 0 Å². The van der Waals surface area contributed by atoms with Crippen molar-refractivity contribution in [3.63, 3.8) is 0 Å². The van der Waals surface area contributed by atoms with Gasteiger partial charge in [0.15, 0.2) is 0 Å². The molecule has 0 unspecified atom stereocenters. The highest BCUT2D eigenvalue weighted by molar-refractivity contribution is 5.66. The van der Waals surface area contributed by atoms with Crippen LogP contribution in [0.3, 0.4) is 0 Å². The summed E-state index contributed by atoms with van der Waals surface area (Å²) in [6.45, 7) is 0. The summed E-state index contributed by atoms with van der Waals surface area (Å²) >= 11 is 0. The third-order valence-electron chi connectivity index (χ3n) is 2.48. The van der Waals surface area contributed by atoms with Gasteiger partial charge in [0.2, 0.25) is 5.82 Å². The smallest absolute Gasteiger partial charge is 0.258 e. The highest BCUT2D eigenvalue weighted by atomic mass is 16.5. The Labute approximate surface area is 102 Å². The molecular weight excluding hydrogens is 234 g/mol. The van der Waals surface area contributed by atoms with Gasteiger partial charge in [-0.25, -0.2) is 0 Å². The van der Waals surface area contributed by atoms with Crippen LogP contribution in [0, 0.1) is 0 Å². The maximum absolute atomic E-state index is 9.34. The number of furan rings is 1. The summed E-state index contributed by atoms with van der Waals surface area (Å²) in [7, 11) is 0. The third-order valence-corrected chi connectivity index (χ3v) is 2.48. The highest BCUT2D eigenvalue weighted by Gasteiger charge is 2.12. The Hall–Kier alpha value is -2.76. The number of nitrogens with zero attached hydrogens (tertiary/aromatic N) is 2. The van der Waals surface area contributed by atoms with E-state index in [-0.39, 0.29) is 11.4 Å². The molecule has 3 rings (SSSR count). The second-order valence-corrected chi connectivity index (χ2v) is 3.71. The first-order valence-electron chi connectivity index (χ1n) is 5.19. The minimum atomic E-state index is 0.0216. The van der Waals surface area contributed by atoms with Crippen LogP contribution in [0.2, 0.25) is 0 Å². The lowest BCUT2D eigenvalue weighted by atomic mass is 10.2. The molecule has 0 saturated carbocycles. The third kappa shape index (κ3) is 1.69. The average molecular weight is 243 g/mol. The van der Waals surface area contributed by atoms with Crippen molar-refractivity contribution in [2.45, 2.75) is 0 Å². The molecule has 0 amide bonds. The van der Waals surface area contributed by atoms with Gasteiger partial charge in [-0.3, -0.25) is 0 Å². The Morgan fingerprint density at radius 3 is 2.78 bits per heavy atom. The van der Waals surface area contributed by atoms with Gasteiger partial charge in [-0.1, -0.05) is 5.16 Å². The first kappa shape index (κ1) is 10.4. The van der Waals surface area contributed by atoms with Gasteiger partial charge in [0, 0.05) is 5.56 Å². The molecule has 0 spiro atoms. The fraction of sp³-hybridized carbons (Fsp3) is 0. The number of aromatic nitrogens is 2. The topological polar surface area (TPSA) is 98.3 Å². The van der Waals surface area contributed by atoms with Crippen LogP contribution in [0.15, 0.2) is 45.7 Å². The van der Waals surface area contributed by atoms with E-state index in [9.17, 15) is 5.11 Å². The molecule has 0 saturated heterocycles. The van der Waals surface area contributed by atoms with Crippen LogP contribution in [-0.2, 0) is 0 Å². The molecule has 0 bridgehead atoms. The summed E-state index contributed by atoms with van der Waals surface area (Å²) < 4.78 is 10.1. The molecule has 0 radical (unpaired) electrons. The van der Waals surface area contributed by atoms with Crippen molar-refractivity contribution in [2.24, 2.45) is 0 Å². The predicted octanol–water partition coefficient (Wildman–Crippen LogP) is 2.28. The lowest BCUT2D eigenvalue weighted by Gasteiger charge is -1.99. The number of aromatic hydroxyl groups is 1.